The average molecular weight is 502 g/mol. The van der Waals surface area contributed by atoms with Crippen molar-refractivity contribution in [1.29, 1.82) is 0 Å². The van der Waals surface area contributed by atoms with E-state index in [1.54, 1.807) is 30.4 Å². The largest absolute Gasteiger partial charge is 0.489 e. The lowest BCUT2D eigenvalue weighted by Crippen LogP contribution is -2.28. The highest BCUT2D eigenvalue weighted by Crippen LogP contribution is 2.20. The number of rotatable bonds is 11. The predicted molar refractivity (Wildman–Crippen MR) is 154 cm³/mol. The van der Waals surface area contributed by atoms with Crippen molar-refractivity contribution in [1.82, 2.24) is 5.32 Å². The van der Waals surface area contributed by atoms with E-state index < -0.39 is 0 Å². The van der Waals surface area contributed by atoms with E-state index in [2.05, 4.69) is 5.32 Å². The van der Waals surface area contributed by atoms with E-state index in [0.29, 0.717) is 17.9 Å². The maximum Gasteiger partial charge on any atom is 0.224 e. The van der Waals surface area contributed by atoms with Crippen LogP contribution in [0.3, 0.4) is 0 Å². The first kappa shape index (κ1) is 26.4. The molecule has 38 heavy (non-hydrogen) atoms. The van der Waals surface area contributed by atoms with Gasteiger partial charge in [0.15, 0.2) is 5.78 Å². The summed E-state index contributed by atoms with van der Waals surface area (Å²) in [5, 5.41) is 3.02. The minimum atomic E-state index is -0.135. The lowest BCUT2D eigenvalue weighted by Gasteiger charge is -2.14. The molecule has 0 bridgehead atoms. The van der Waals surface area contributed by atoms with Gasteiger partial charge in [-0.25, -0.2) is 0 Å². The number of amides is 1. The molecular formula is C34H31NO3. The third kappa shape index (κ3) is 7.90. The van der Waals surface area contributed by atoms with Gasteiger partial charge in [-0.05, 0) is 54.0 Å². The number of hydrogen-bond donors (Lipinski definition) is 1. The van der Waals surface area contributed by atoms with Gasteiger partial charge in [0.05, 0.1) is 12.5 Å². The van der Waals surface area contributed by atoms with Gasteiger partial charge in [0.1, 0.15) is 12.4 Å². The number of ketones is 1. The van der Waals surface area contributed by atoms with E-state index in [1.807, 2.05) is 110 Å². The summed E-state index contributed by atoms with van der Waals surface area (Å²) in [6, 6.07) is 34.6. The van der Waals surface area contributed by atoms with Gasteiger partial charge in [-0.1, -0.05) is 103 Å². The van der Waals surface area contributed by atoms with Gasteiger partial charge in [-0.2, -0.15) is 0 Å². The molecule has 4 nitrogen and oxygen atoms in total. The second-order valence-electron chi connectivity index (χ2n) is 8.94. The molecule has 4 aromatic rings. The van der Waals surface area contributed by atoms with Crippen LogP contribution in [0.2, 0.25) is 0 Å². The molecule has 0 aliphatic rings. The fraction of sp³-hybridized carbons (Fsp3) is 0.118. The Bertz CT molecular complexity index is 1410. The van der Waals surface area contributed by atoms with Crippen LogP contribution in [0.25, 0.3) is 12.2 Å². The Morgan fingerprint density at radius 1 is 0.816 bits per heavy atom. The second kappa shape index (κ2) is 13.6. The minimum absolute atomic E-state index is 0.0890. The van der Waals surface area contributed by atoms with Crippen molar-refractivity contribution in [3.05, 3.63) is 149 Å². The molecule has 190 valence electrons. The van der Waals surface area contributed by atoms with Gasteiger partial charge < -0.3 is 10.1 Å². The van der Waals surface area contributed by atoms with Crippen LogP contribution in [0.5, 0.6) is 5.75 Å². The molecule has 1 atom stereocenters. The molecule has 0 saturated heterocycles. The van der Waals surface area contributed by atoms with Gasteiger partial charge in [-0.3, -0.25) is 9.59 Å². The highest BCUT2D eigenvalue weighted by atomic mass is 16.5. The van der Waals surface area contributed by atoms with Crippen LogP contribution in [0.15, 0.2) is 121 Å². The Morgan fingerprint density at radius 2 is 1.53 bits per heavy atom. The third-order valence-corrected chi connectivity index (χ3v) is 6.03. The Labute approximate surface area is 224 Å². The number of allylic oxidation sites excluding steroid dienone is 1. The van der Waals surface area contributed by atoms with Crippen molar-refractivity contribution in [2.45, 2.75) is 19.4 Å². The second-order valence-corrected chi connectivity index (χ2v) is 8.94. The van der Waals surface area contributed by atoms with E-state index in [9.17, 15) is 9.59 Å². The number of benzene rings is 4. The molecule has 1 amide bonds. The smallest absolute Gasteiger partial charge is 0.224 e. The Morgan fingerprint density at radius 3 is 2.32 bits per heavy atom. The highest BCUT2D eigenvalue weighted by Gasteiger charge is 2.11. The minimum Gasteiger partial charge on any atom is -0.489 e. The SMILES string of the molecule is CC(NC(=O)Cc1cccc(C(=O)C=Cc2ccccc2OCC=Cc2ccccc2)c1)c1ccccc1. The average Bonchev–Trinajstić information content (AvgIpc) is 2.95. The number of carbonyl (C=O) groups is 2. The molecule has 0 fully saturated rings. The van der Waals surface area contributed by atoms with E-state index in [0.717, 1.165) is 22.3 Å². The number of carbonyl (C=O) groups excluding carboxylic acids is 2. The van der Waals surface area contributed by atoms with Gasteiger partial charge in [0.2, 0.25) is 5.91 Å². The van der Waals surface area contributed by atoms with Crippen LogP contribution in [0, 0.1) is 0 Å². The summed E-state index contributed by atoms with van der Waals surface area (Å²) in [5.41, 5.74) is 4.30. The summed E-state index contributed by atoms with van der Waals surface area (Å²) in [5.74, 6) is 0.477. The maximum atomic E-state index is 12.9. The van der Waals surface area contributed by atoms with Crippen molar-refractivity contribution in [2.75, 3.05) is 6.61 Å². The number of nitrogens with one attached hydrogen (secondary N) is 1. The van der Waals surface area contributed by atoms with E-state index in [-0.39, 0.29) is 24.2 Å². The fourth-order valence-corrected chi connectivity index (χ4v) is 4.04. The number of para-hydroxylation sites is 1. The zero-order valence-electron chi connectivity index (χ0n) is 21.4. The van der Waals surface area contributed by atoms with Crippen molar-refractivity contribution >= 4 is 23.8 Å². The van der Waals surface area contributed by atoms with Crippen molar-refractivity contribution in [2.24, 2.45) is 0 Å². The highest BCUT2D eigenvalue weighted by molar-refractivity contribution is 6.07. The number of ether oxygens (including phenoxy) is 1. The first-order valence-electron chi connectivity index (χ1n) is 12.7. The van der Waals surface area contributed by atoms with Crippen molar-refractivity contribution in [3.8, 4) is 5.75 Å². The van der Waals surface area contributed by atoms with Gasteiger partial charge in [0, 0.05) is 11.1 Å². The van der Waals surface area contributed by atoms with Gasteiger partial charge >= 0.3 is 0 Å². The molecule has 0 spiro atoms. The first-order valence-corrected chi connectivity index (χ1v) is 12.7. The summed E-state index contributed by atoms with van der Waals surface area (Å²) in [6.07, 6.45) is 7.48. The summed E-state index contributed by atoms with van der Waals surface area (Å²) >= 11 is 0. The zero-order chi connectivity index (χ0) is 26.6. The van der Waals surface area contributed by atoms with Crippen LogP contribution in [0.1, 0.15) is 45.6 Å². The Hall–Kier alpha value is -4.70. The van der Waals surface area contributed by atoms with E-state index in [1.165, 1.54) is 0 Å². The lowest BCUT2D eigenvalue weighted by molar-refractivity contribution is -0.121. The van der Waals surface area contributed by atoms with Crippen LogP contribution in [-0.4, -0.2) is 18.3 Å². The van der Waals surface area contributed by atoms with E-state index in [4.69, 9.17) is 4.74 Å². The van der Waals surface area contributed by atoms with Crippen LogP contribution in [-0.2, 0) is 11.2 Å². The summed E-state index contributed by atoms with van der Waals surface area (Å²) in [7, 11) is 0. The molecule has 1 unspecified atom stereocenters. The van der Waals surface area contributed by atoms with Gasteiger partial charge in [0.25, 0.3) is 0 Å². The molecule has 4 heteroatoms. The van der Waals surface area contributed by atoms with Crippen molar-refractivity contribution in [3.63, 3.8) is 0 Å². The topological polar surface area (TPSA) is 55.4 Å². The molecule has 4 rings (SSSR count). The molecule has 0 aromatic heterocycles. The molecule has 0 aliphatic carbocycles. The Kier molecular flexibility index (Phi) is 9.41. The molecule has 0 radical (unpaired) electrons. The molecule has 4 aromatic carbocycles. The standard InChI is InChI=1S/C34H31NO3/c1-26(29-16-6-3-7-17-29)35-34(37)25-28-14-10-19-31(24-28)32(36)22-21-30-18-8-9-20-33(30)38-23-11-15-27-12-4-2-5-13-27/h2-22,24,26H,23,25H2,1H3,(H,35,37). The predicted octanol–water partition coefficient (Wildman–Crippen LogP) is 7.09. The summed E-state index contributed by atoms with van der Waals surface area (Å²) in [4.78, 5) is 25.5. The van der Waals surface area contributed by atoms with Gasteiger partial charge in [-0.15, -0.1) is 0 Å². The summed E-state index contributed by atoms with van der Waals surface area (Å²) < 4.78 is 5.93. The zero-order valence-corrected chi connectivity index (χ0v) is 21.4. The lowest BCUT2D eigenvalue weighted by atomic mass is 10.0. The summed E-state index contributed by atoms with van der Waals surface area (Å²) in [6.45, 7) is 2.37. The number of hydrogen-bond acceptors (Lipinski definition) is 3. The van der Waals surface area contributed by atoms with Crippen LogP contribution < -0.4 is 10.1 Å². The monoisotopic (exact) mass is 501 g/mol. The van der Waals surface area contributed by atoms with Crippen LogP contribution >= 0.6 is 0 Å². The Balaban J connectivity index is 1.35. The first-order chi connectivity index (χ1) is 18.6. The molecule has 0 saturated carbocycles. The normalized spacial score (nSPS) is 11.9. The van der Waals surface area contributed by atoms with Crippen LogP contribution in [0.4, 0.5) is 0 Å². The van der Waals surface area contributed by atoms with Crippen molar-refractivity contribution < 1.29 is 14.3 Å². The molecule has 0 heterocycles. The molecule has 1 N–H and O–H groups in total. The third-order valence-electron chi connectivity index (χ3n) is 6.03. The molecule has 0 aliphatic heterocycles. The molecular weight excluding hydrogens is 470 g/mol. The quantitative estimate of drug-likeness (QED) is 0.176. The fourth-order valence-electron chi connectivity index (χ4n) is 4.04. The maximum absolute atomic E-state index is 12.9. The van der Waals surface area contributed by atoms with E-state index >= 15 is 0 Å².